The molecule has 1 aliphatic rings. The first kappa shape index (κ1) is 22.7. The van der Waals surface area contributed by atoms with Crippen LogP contribution in [-0.4, -0.2) is 54.3 Å². The SMILES string of the molecule is O=C(c1ccc(F)cc1-n1nccn1)N1CCC(F)(F)[C@H]1CCc1ncc(C(F)(F)F)cn1. The minimum atomic E-state index is -4.61. The summed E-state index contributed by atoms with van der Waals surface area (Å²) in [6.45, 7) is -0.256. The van der Waals surface area contributed by atoms with E-state index in [1.807, 2.05) is 0 Å². The van der Waals surface area contributed by atoms with Crippen LogP contribution in [0.25, 0.3) is 5.69 Å². The van der Waals surface area contributed by atoms with Crippen LogP contribution in [0.15, 0.2) is 43.0 Å². The summed E-state index contributed by atoms with van der Waals surface area (Å²) >= 11 is 0. The van der Waals surface area contributed by atoms with E-state index in [1.165, 1.54) is 18.5 Å². The molecular weight excluding hydrogens is 454 g/mol. The first-order chi connectivity index (χ1) is 15.6. The van der Waals surface area contributed by atoms with Crippen LogP contribution < -0.4 is 0 Å². The van der Waals surface area contributed by atoms with Gasteiger partial charge in [-0.15, -0.1) is 0 Å². The van der Waals surface area contributed by atoms with E-state index in [0.29, 0.717) is 12.4 Å². The molecule has 174 valence electrons. The Hall–Kier alpha value is -3.51. The van der Waals surface area contributed by atoms with Crippen LogP contribution in [0.1, 0.15) is 34.6 Å². The fraction of sp³-hybridized carbons (Fsp3) is 0.350. The minimum absolute atomic E-state index is 0.00922. The summed E-state index contributed by atoms with van der Waals surface area (Å²) in [4.78, 5) is 22.4. The van der Waals surface area contributed by atoms with Gasteiger partial charge in [0.1, 0.15) is 17.3 Å². The van der Waals surface area contributed by atoms with E-state index in [4.69, 9.17) is 0 Å². The first-order valence-electron chi connectivity index (χ1n) is 9.79. The number of hydrogen-bond donors (Lipinski definition) is 0. The zero-order valence-electron chi connectivity index (χ0n) is 16.8. The van der Waals surface area contributed by atoms with Gasteiger partial charge in [0.25, 0.3) is 11.8 Å². The van der Waals surface area contributed by atoms with Gasteiger partial charge >= 0.3 is 6.18 Å². The number of halogens is 6. The molecule has 1 fully saturated rings. The molecule has 0 spiro atoms. The second-order valence-electron chi connectivity index (χ2n) is 7.43. The second kappa shape index (κ2) is 8.45. The molecule has 0 bridgehead atoms. The molecule has 7 nitrogen and oxygen atoms in total. The maximum Gasteiger partial charge on any atom is 0.419 e. The highest BCUT2D eigenvalue weighted by Crippen LogP contribution is 2.38. The predicted octanol–water partition coefficient (Wildman–Crippen LogP) is 3.70. The van der Waals surface area contributed by atoms with Crippen molar-refractivity contribution < 1.29 is 31.1 Å². The van der Waals surface area contributed by atoms with Crippen LogP contribution in [-0.2, 0) is 12.6 Å². The molecule has 0 saturated carbocycles. The molecule has 1 aliphatic heterocycles. The van der Waals surface area contributed by atoms with Crippen molar-refractivity contribution in [3.05, 3.63) is 65.8 Å². The van der Waals surface area contributed by atoms with Crippen LogP contribution in [0.2, 0.25) is 0 Å². The highest BCUT2D eigenvalue weighted by molar-refractivity contribution is 5.98. The molecular formula is C20H16F6N6O. The molecule has 3 heterocycles. The average Bonchev–Trinajstić information content (AvgIpc) is 3.39. The van der Waals surface area contributed by atoms with Crippen LogP contribution in [0.4, 0.5) is 26.3 Å². The lowest BCUT2D eigenvalue weighted by Crippen LogP contribution is -2.43. The van der Waals surface area contributed by atoms with Gasteiger partial charge in [0.2, 0.25) is 0 Å². The number of rotatable bonds is 5. The van der Waals surface area contributed by atoms with E-state index in [2.05, 4.69) is 20.2 Å². The molecule has 0 aliphatic carbocycles. The molecule has 1 amide bonds. The van der Waals surface area contributed by atoms with Crippen LogP contribution >= 0.6 is 0 Å². The molecule has 2 aromatic heterocycles. The van der Waals surface area contributed by atoms with Crippen LogP contribution in [0.3, 0.4) is 0 Å². The minimum Gasteiger partial charge on any atom is -0.329 e. The Morgan fingerprint density at radius 3 is 2.42 bits per heavy atom. The van der Waals surface area contributed by atoms with Gasteiger partial charge in [0, 0.05) is 37.8 Å². The van der Waals surface area contributed by atoms with Gasteiger partial charge in [0.05, 0.1) is 29.6 Å². The lowest BCUT2D eigenvalue weighted by atomic mass is 10.0. The lowest BCUT2D eigenvalue weighted by molar-refractivity contribution is -0.138. The summed E-state index contributed by atoms with van der Waals surface area (Å²) in [7, 11) is 0. The van der Waals surface area contributed by atoms with E-state index in [0.717, 1.165) is 21.8 Å². The molecule has 0 unspecified atom stereocenters. The van der Waals surface area contributed by atoms with E-state index < -0.39 is 41.8 Å². The number of likely N-dealkylation sites (tertiary alicyclic amines) is 1. The number of aryl methyl sites for hydroxylation is 1. The average molecular weight is 470 g/mol. The third kappa shape index (κ3) is 4.66. The Balaban J connectivity index is 1.56. The van der Waals surface area contributed by atoms with Crippen LogP contribution in [0, 0.1) is 5.82 Å². The molecule has 1 saturated heterocycles. The normalized spacial score (nSPS) is 18.0. The maximum absolute atomic E-state index is 14.6. The Morgan fingerprint density at radius 2 is 1.79 bits per heavy atom. The Morgan fingerprint density at radius 1 is 1.12 bits per heavy atom. The van der Waals surface area contributed by atoms with Gasteiger partial charge in [0.15, 0.2) is 0 Å². The van der Waals surface area contributed by atoms with Gasteiger partial charge in [-0.3, -0.25) is 4.79 Å². The third-order valence-corrected chi connectivity index (χ3v) is 5.31. The topological polar surface area (TPSA) is 76.8 Å². The highest BCUT2D eigenvalue weighted by Gasteiger charge is 2.50. The number of carbonyl (C=O) groups excluding carboxylic acids is 1. The molecule has 1 aromatic carbocycles. The van der Waals surface area contributed by atoms with Gasteiger partial charge in [-0.1, -0.05) is 0 Å². The number of aromatic nitrogens is 5. The summed E-state index contributed by atoms with van der Waals surface area (Å²) in [5, 5.41) is 7.74. The van der Waals surface area contributed by atoms with Crippen molar-refractivity contribution in [2.45, 2.75) is 37.4 Å². The Kier molecular flexibility index (Phi) is 5.80. The largest absolute Gasteiger partial charge is 0.419 e. The standard InChI is InChI=1S/C20H16F6N6O/c21-13-1-2-14(15(9-13)32-29-6-7-30-32)18(33)31-8-5-19(22,23)16(31)3-4-17-27-10-12(11-28-17)20(24,25)26/h1-2,6-7,9-11,16H,3-5,8H2/t16-/m1/s1. The van der Waals surface area contributed by atoms with Gasteiger partial charge < -0.3 is 4.90 Å². The molecule has 1 atom stereocenters. The van der Waals surface area contributed by atoms with Gasteiger partial charge in [-0.2, -0.15) is 28.2 Å². The smallest absolute Gasteiger partial charge is 0.329 e. The monoisotopic (exact) mass is 470 g/mol. The van der Waals surface area contributed by atoms with E-state index in [-0.39, 0.29) is 36.5 Å². The number of amides is 1. The molecule has 13 heteroatoms. The fourth-order valence-corrected chi connectivity index (χ4v) is 3.67. The summed E-state index contributed by atoms with van der Waals surface area (Å²) in [5.74, 6) is -4.72. The molecule has 3 aromatic rings. The maximum atomic E-state index is 14.6. The van der Waals surface area contributed by atoms with Crippen molar-refractivity contribution in [3.8, 4) is 5.69 Å². The Bertz CT molecular complexity index is 1130. The number of benzene rings is 1. The third-order valence-electron chi connectivity index (χ3n) is 5.31. The number of alkyl halides is 5. The number of hydrogen-bond acceptors (Lipinski definition) is 5. The summed E-state index contributed by atoms with van der Waals surface area (Å²) in [5.41, 5.74) is -1.13. The van der Waals surface area contributed by atoms with Gasteiger partial charge in [-0.25, -0.2) is 23.1 Å². The van der Waals surface area contributed by atoms with Crippen molar-refractivity contribution in [3.63, 3.8) is 0 Å². The van der Waals surface area contributed by atoms with Crippen molar-refractivity contribution in [1.29, 1.82) is 0 Å². The lowest BCUT2D eigenvalue weighted by Gasteiger charge is -2.28. The van der Waals surface area contributed by atoms with Crippen LogP contribution in [0.5, 0.6) is 0 Å². The molecule has 0 radical (unpaired) electrons. The number of carbonyl (C=O) groups is 1. The van der Waals surface area contributed by atoms with Crippen molar-refractivity contribution >= 4 is 5.91 Å². The second-order valence-corrected chi connectivity index (χ2v) is 7.43. The van der Waals surface area contributed by atoms with E-state index >= 15 is 0 Å². The first-order valence-corrected chi connectivity index (χ1v) is 9.79. The zero-order valence-corrected chi connectivity index (χ0v) is 16.8. The highest BCUT2D eigenvalue weighted by atomic mass is 19.4. The summed E-state index contributed by atoms with van der Waals surface area (Å²) in [6, 6.07) is 1.67. The quantitative estimate of drug-likeness (QED) is 0.532. The van der Waals surface area contributed by atoms with Crippen molar-refractivity contribution in [1.82, 2.24) is 29.9 Å². The Labute approximate surface area is 183 Å². The fourth-order valence-electron chi connectivity index (χ4n) is 3.67. The summed E-state index contributed by atoms with van der Waals surface area (Å²) in [6.07, 6.45) is -1.85. The zero-order chi connectivity index (χ0) is 23.8. The number of nitrogens with zero attached hydrogens (tertiary/aromatic N) is 6. The van der Waals surface area contributed by atoms with Gasteiger partial charge in [-0.05, 0) is 18.6 Å². The van der Waals surface area contributed by atoms with Crippen molar-refractivity contribution in [2.24, 2.45) is 0 Å². The molecule has 4 rings (SSSR count). The predicted molar refractivity (Wildman–Crippen MR) is 101 cm³/mol. The summed E-state index contributed by atoms with van der Waals surface area (Å²) < 4.78 is 81.0. The van der Waals surface area contributed by atoms with E-state index in [1.54, 1.807) is 0 Å². The van der Waals surface area contributed by atoms with E-state index in [9.17, 15) is 31.1 Å². The molecule has 33 heavy (non-hydrogen) atoms. The van der Waals surface area contributed by atoms with Crippen molar-refractivity contribution in [2.75, 3.05) is 6.54 Å². The molecule has 0 N–H and O–H groups in total.